The number of carbonyl (C=O) groups excluding carboxylic acids is 2. The van der Waals surface area contributed by atoms with Gasteiger partial charge < -0.3 is 10.1 Å². The molecule has 39 heavy (non-hydrogen) atoms. The molecule has 1 aliphatic rings. The first-order valence-electron chi connectivity index (χ1n) is 12.6. The van der Waals surface area contributed by atoms with E-state index in [1.54, 1.807) is 17.0 Å². The Hall–Kier alpha value is -4.62. The second-order valence-electron chi connectivity index (χ2n) is 8.80. The first-order chi connectivity index (χ1) is 19.1. The summed E-state index contributed by atoms with van der Waals surface area (Å²) in [5.74, 6) is 0.270. The normalized spacial score (nSPS) is 15.1. The molecule has 6 nitrogen and oxygen atoms in total. The zero-order chi connectivity index (χ0) is 26.9. The molecule has 2 amide bonds. The van der Waals surface area contributed by atoms with E-state index < -0.39 is 0 Å². The van der Waals surface area contributed by atoms with Crippen LogP contribution in [0.3, 0.4) is 0 Å². The van der Waals surface area contributed by atoms with Gasteiger partial charge in [0.25, 0.3) is 11.8 Å². The van der Waals surface area contributed by atoms with Gasteiger partial charge in [0.2, 0.25) is 0 Å². The van der Waals surface area contributed by atoms with Crippen LogP contribution < -0.4 is 10.1 Å². The Kier molecular flexibility index (Phi) is 8.51. The second-order valence-corrected chi connectivity index (χ2v) is 9.81. The number of ether oxygens (including phenoxy) is 1. The zero-order valence-electron chi connectivity index (χ0n) is 21.2. The molecule has 1 aliphatic heterocycles. The Morgan fingerprint density at radius 1 is 0.846 bits per heavy atom. The van der Waals surface area contributed by atoms with Crippen LogP contribution in [0, 0.1) is 0 Å². The van der Waals surface area contributed by atoms with Gasteiger partial charge in [0.05, 0.1) is 10.6 Å². The van der Waals surface area contributed by atoms with Crippen LogP contribution in [0.2, 0.25) is 0 Å². The van der Waals surface area contributed by atoms with E-state index in [9.17, 15) is 9.59 Å². The van der Waals surface area contributed by atoms with Crippen LogP contribution in [0.5, 0.6) is 5.75 Å². The summed E-state index contributed by atoms with van der Waals surface area (Å²) in [6.07, 6.45) is 2.60. The summed E-state index contributed by atoms with van der Waals surface area (Å²) >= 11 is 1.37. The highest BCUT2D eigenvalue weighted by molar-refractivity contribution is 8.18. The van der Waals surface area contributed by atoms with E-state index >= 15 is 0 Å². The van der Waals surface area contributed by atoms with Crippen LogP contribution in [-0.2, 0) is 16.0 Å². The number of benzene rings is 4. The van der Waals surface area contributed by atoms with Crippen molar-refractivity contribution in [2.24, 2.45) is 4.99 Å². The minimum atomic E-state index is -0.235. The van der Waals surface area contributed by atoms with Crippen molar-refractivity contribution in [1.82, 2.24) is 4.90 Å². The average molecular weight is 534 g/mol. The molecule has 0 atom stereocenters. The smallest absolute Gasteiger partial charge is 0.266 e. The molecule has 0 bridgehead atoms. The van der Waals surface area contributed by atoms with E-state index in [1.165, 1.54) is 17.3 Å². The Morgan fingerprint density at radius 2 is 1.49 bits per heavy atom. The van der Waals surface area contributed by atoms with E-state index in [0.29, 0.717) is 22.4 Å². The van der Waals surface area contributed by atoms with E-state index in [0.717, 1.165) is 23.4 Å². The van der Waals surface area contributed by atoms with Gasteiger partial charge >= 0.3 is 0 Å². The highest BCUT2D eigenvalue weighted by atomic mass is 32.2. The molecule has 1 N–H and O–H groups in total. The maximum Gasteiger partial charge on any atom is 0.266 e. The van der Waals surface area contributed by atoms with Crippen molar-refractivity contribution in [3.05, 3.63) is 131 Å². The number of aliphatic imine (C=N–C) groups is 1. The molecule has 5 rings (SSSR count). The Bertz CT molecular complexity index is 1470. The fourth-order valence-corrected chi connectivity index (χ4v) is 4.99. The highest BCUT2D eigenvalue weighted by Gasteiger charge is 2.33. The lowest BCUT2D eigenvalue weighted by Crippen LogP contribution is -2.31. The maximum atomic E-state index is 13.4. The molecule has 1 fully saturated rings. The topological polar surface area (TPSA) is 71.0 Å². The molecule has 0 aromatic heterocycles. The maximum absolute atomic E-state index is 13.4. The molecule has 0 aliphatic carbocycles. The number of nitrogens with one attached hydrogen (secondary N) is 1. The van der Waals surface area contributed by atoms with Gasteiger partial charge in [-0.3, -0.25) is 14.5 Å². The van der Waals surface area contributed by atoms with Gasteiger partial charge in [-0.15, -0.1) is 0 Å². The first kappa shape index (κ1) is 26.0. The van der Waals surface area contributed by atoms with Crippen LogP contribution in [-0.4, -0.2) is 35.0 Å². The summed E-state index contributed by atoms with van der Waals surface area (Å²) in [6, 6.07) is 36.3. The van der Waals surface area contributed by atoms with E-state index in [4.69, 9.17) is 9.73 Å². The third-order valence-corrected chi connectivity index (χ3v) is 6.95. The Balaban J connectivity index is 1.26. The van der Waals surface area contributed by atoms with E-state index in [1.807, 2.05) is 97.1 Å². The van der Waals surface area contributed by atoms with Crippen molar-refractivity contribution in [1.29, 1.82) is 0 Å². The predicted octanol–water partition coefficient (Wildman–Crippen LogP) is 6.55. The Morgan fingerprint density at radius 3 is 2.18 bits per heavy atom. The standard InChI is InChI=1S/C32H27N3O3S/c36-30(33-26-12-6-2-7-13-26)23-38-28-18-16-25(17-19-28)22-29-31(37)35(21-20-24-10-4-1-5-11-24)32(39-29)34-27-14-8-3-9-15-27/h1-19,22H,20-21,23H2,(H,33,36). The molecule has 4 aromatic rings. The highest BCUT2D eigenvalue weighted by Crippen LogP contribution is 2.34. The summed E-state index contributed by atoms with van der Waals surface area (Å²) in [7, 11) is 0. The minimum absolute atomic E-state index is 0.0662. The molecule has 7 heteroatoms. The zero-order valence-corrected chi connectivity index (χ0v) is 22.0. The number of carbonyl (C=O) groups is 2. The summed E-state index contributed by atoms with van der Waals surface area (Å²) in [6.45, 7) is 0.441. The molecule has 1 heterocycles. The number of rotatable bonds is 9. The predicted molar refractivity (Wildman–Crippen MR) is 158 cm³/mol. The lowest BCUT2D eigenvalue weighted by molar-refractivity contribution is -0.122. The lowest BCUT2D eigenvalue weighted by Gasteiger charge is -2.15. The monoisotopic (exact) mass is 533 g/mol. The molecule has 0 radical (unpaired) electrons. The van der Waals surface area contributed by atoms with Gasteiger partial charge in [0.1, 0.15) is 5.75 Å². The SMILES string of the molecule is O=C(COc1ccc(C=C2SC(=Nc3ccccc3)N(CCc3ccccc3)C2=O)cc1)Nc1ccccc1. The lowest BCUT2D eigenvalue weighted by atomic mass is 10.1. The average Bonchev–Trinajstić information content (AvgIpc) is 3.26. The molecule has 0 spiro atoms. The van der Waals surface area contributed by atoms with Crippen molar-refractivity contribution in [2.75, 3.05) is 18.5 Å². The summed E-state index contributed by atoms with van der Waals surface area (Å²) in [5, 5.41) is 3.46. The van der Waals surface area contributed by atoms with Gasteiger partial charge in [-0.05, 0) is 71.8 Å². The van der Waals surface area contributed by atoms with Crippen molar-refractivity contribution in [2.45, 2.75) is 6.42 Å². The second kappa shape index (κ2) is 12.8. The van der Waals surface area contributed by atoms with Crippen molar-refractivity contribution < 1.29 is 14.3 Å². The van der Waals surface area contributed by atoms with Gasteiger partial charge in [0.15, 0.2) is 11.8 Å². The molecule has 194 valence electrons. The van der Waals surface area contributed by atoms with Gasteiger partial charge in [-0.1, -0.05) is 78.9 Å². The van der Waals surface area contributed by atoms with Crippen molar-refractivity contribution >= 4 is 46.2 Å². The largest absolute Gasteiger partial charge is 0.484 e. The summed E-state index contributed by atoms with van der Waals surface area (Å²) < 4.78 is 5.63. The molecular weight excluding hydrogens is 506 g/mol. The number of amidine groups is 1. The number of thioether (sulfide) groups is 1. The van der Waals surface area contributed by atoms with Crippen LogP contribution in [0.4, 0.5) is 11.4 Å². The van der Waals surface area contributed by atoms with Gasteiger partial charge in [-0.25, -0.2) is 4.99 Å². The quantitative estimate of drug-likeness (QED) is 0.248. The number of anilines is 1. The number of hydrogen-bond donors (Lipinski definition) is 1. The molecule has 0 saturated carbocycles. The van der Waals surface area contributed by atoms with Crippen LogP contribution >= 0.6 is 11.8 Å². The molecule has 4 aromatic carbocycles. The first-order valence-corrected chi connectivity index (χ1v) is 13.4. The van der Waals surface area contributed by atoms with Crippen LogP contribution in [0.15, 0.2) is 125 Å². The number of hydrogen-bond acceptors (Lipinski definition) is 5. The fraction of sp³-hybridized carbons (Fsp3) is 0.0938. The molecular formula is C32H27N3O3S. The number of nitrogens with zero attached hydrogens (tertiary/aromatic N) is 2. The summed E-state index contributed by atoms with van der Waals surface area (Å²) in [4.78, 5) is 32.7. The van der Waals surface area contributed by atoms with Crippen molar-refractivity contribution in [3.63, 3.8) is 0 Å². The molecule has 1 saturated heterocycles. The third kappa shape index (κ3) is 7.24. The minimum Gasteiger partial charge on any atom is -0.484 e. The van der Waals surface area contributed by atoms with Crippen molar-refractivity contribution in [3.8, 4) is 5.75 Å². The molecule has 0 unspecified atom stereocenters. The van der Waals surface area contributed by atoms with E-state index in [2.05, 4.69) is 17.4 Å². The summed E-state index contributed by atoms with van der Waals surface area (Å²) in [5.41, 5.74) is 3.55. The van der Waals surface area contributed by atoms with E-state index in [-0.39, 0.29) is 18.4 Å². The van der Waals surface area contributed by atoms with Crippen LogP contribution in [0.25, 0.3) is 6.08 Å². The third-order valence-electron chi connectivity index (χ3n) is 5.94. The fourth-order valence-electron chi connectivity index (χ4n) is 3.97. The van der Waals surface area contributed by atoms with Gasteiger partial charge in [0, 0.05) is 12.2 Å². The van der Waals surface area contributed by atoms with Crippen LogP contribution in [0.1, 0.15) is 11.1 Å². The number of amides is 2. The number of para-hydroxylation sites is 2. The van der Waals surface area contributed by atoms with Gasteiger partial charge in [-0.2, -0.15) is 0 Å². The Labute approximate surface area is 232 Å².